The summed E-state index contributed by atoms with van der Waals surface area (Å²) in [5, 5.41) is 11.1. The molecule has 8 nitrogen and oxygen atoms in total. The Morgan fingerprint density at radius 1 is 0.970 bits per heavy atom. The van der Waals surface area contributed by atoms with Crippen molar-refractivity contribution in [3.05, 3.63) is 58.9 Å². The first-order chi connectivity index (χ1) is 15.9. The van der Waals surface area contributed by atoms with Gasteiger partial charge in [-0.25, -0.2) is 4.39 Å². The number of likely N-dealkylation sites (tertiary alicyclic amines) is 1. The highest BCUT2D eigenvalue weighted by molar-refractivity contribution is 6.46. The standard InChI is InChI=1S/C24H26FNO7/c1-30-11-5-10-26-21(14-6-8-18(32-3)19(12-14)33-4)20(23(28)24(26)29)22(27)16-13-15(25)7-9-17(16)31-2/h6-9,12-13,21,27H,5,10-11H2,1-4H3/b22-20+. The summed E-state index contributed by atoms with van der Waals surface area (Å²) in [6, 6.07) is 7.58. The summed E-state index contributed by atoms with van der Waals surface area (Å²) >= 11 is 0. The summed E-state index contributed by atoms with van der Waals surface area (Å²) in [5.41, 5.74) is 0.313. The van der Waals surface area contributed by atoms with E-state index in [9.17, 15) is 19.1 Å². The van der Waals surface area contributed by atoms with E-state index in [4.69, 9.17) is 18.9 Å². The molecule has 33 heavy (non-hydrogen) atoms. The van der Waals surface area contributed by atoms with Crippen molar-refractivity contribution < 1.29 is 38.0 Å². The Morgan fingerprint density at radius 2 is 1.64 bits per heavy atom. The highest BCUT2D eigenvalue weighted by Gasteiger charge is 2.46. The van der Waals surface area contributed by atoms with Gasteiger partial charge in [0.05, 0.1) is 38.5 Å². The number of halogens is 1. The average molecular weight is 459 g/mol. The smallest absolute Gasteiger partial charge is 0.295 e. The molecule has 0 saturated carbocycles. The third-order valence-corrected chi connectivity index (χ3v) is 5.43. The van der Waals surface area contributed by atoms with Crippen molar-refractivity contribution in [2.24, 2.45) is 0 Å². The molecule has 0 aliphatic carbocycles. The lowest BCUT2D eigenvalue weighted by Crippen LogP contribution is -2.31. The van der Waals surface area contributed by atoms with Gasteiger partial charge in [-0.2, -0.15) is 0 Å². The lowest BCUT2D eigenvalue weighted by atomic mass is 9.94. The second-order valence-electron chi connectivity index (χ2n) is 7.30. The van der Waals surface area contributed by atoms with Gasteiger partial charge in [0.25, 0.3) is 11.7 Å². The van der Waals surface area contributed by atoms with Crippen molar-refractivity contribution in [3.63, 3.8) is 0 Å². The summed E-state index contributed by atoms with van der Waals surface area (Å²) in [4.78, 5) is 27.4. The van der Waals surface area contributed by atoms with Crippen LogP contribution in [0.1, 0.15) is 23.6 Å². The fourth-order valence-electron chi connectivity index (χ4n) is 3.87. The monoisotopic (exact) mass is 459 g/mol. The number of rotatable bonds is 9. The van der Waals surface area contributed by atoms with E-state index in [-0.39, 0.29) is 23.4 Å². The lowest BCUT2D eigenvalue weighted by Gasteiger charge is -2.26. The van der Waals surface area contributed by atoms with Crippen LogP contribution in [0.3, 0.4) is 0 Å². The molecule has 1 aliphatic rings. The highest BCUT2D eigenvalue weighted by atomic mass is 19.1. The fraction of sp³-hybridized carbons (Fsp3) is 0.333. The molecule has 1 N–H and O–H groups in total. The minimum Gasteiger partial charge on any atom is -0.507 e. The van der Waals surface area contributed by atoms with Gasteiger partial charge in [-0.1, -0.05) is 6.07 Å². The molecule has 2 aromatic carbocycles. The molecular formula is C24H26FNO7. The Labute approximate surface area is 191 Å². The van der Waals surface area contributed by atoms with Crippen molar-refractivity contribution in [1.29, 1.82) is 0 Å². The van der Waals surface area contributed by atoms with Gasteiger partial charge in [0, 0.05) is 20.3 Å². The zero-order valence-electron chi connectivity index (χ0n) is 18.9. The SMILES string of the molecule is COCCCN1C(=O)C(=O)/C(=C(/O)c2cc(F)ccc2OC)C1c1ccc(OC)c(OC)c1. The van der Waals surface area contributed by atoms with E-state index in [1.807, 2.05) is 0 Å². The second-order valence-corrected chi connectivity index (χ2v) is 7.30. The highest BCUT2D eigenvalue weighted by Crippen LogP contribution is 2.43. The molecule has 1 heterocycles. The number of Topliss-reactive ketones (excluding diaryl/α,β-unsaturated/α-hetero) is 1. The van der Waals surface area contributed by atoms with E-state index >= 15 is 0 Å². The number of hydrogen-bond acceptors (Lipinski definition) is 7. The van der Waals surface area contributed by atoms with Gasteiger partial charge >= 0.3 is 0 Å². The van der Waals surface area contributed by atoms with Crippen LogP contribution in [-0.2, 0) is 14.3 Å². The van der Waals surface area contributed by atoms with Crippen LogP contribution in [0.25, 0.3) is 5.76 Å². The van der Waals surface area contributed by atoms with Gasteiger partial charge in [0.2, 0.25) is 0 Å². The molecule has 1 amide bonds. The van der Waals surface area contributed by atoms with Gasteiger partial charge < -0.3 is 29.0 Å². The molecule has 1 unspecified atom stereocenters. The van der Waals surface area contributed by atoms with Crippen LogP contribution in [0.5, 0.6) is 17.2 Å². The van der Waals surface area contributed by atoms with Gasteiger partial charge in [-0.05, 0) is 42.3 Å². The summed E-state index contributed by atoms with van der Waals surface area (Å²) in [6.45, 7) is 0.577. The number of aliphatic hydroxyl groups is 1. The van der Waals surface area contributed by atoms with Crippen LogP contribution >= 0.6 is 0 Å². The molecule has 176 valence electrons. The number of hydrogen-bond donors (Lipinski definition) is 1. The van der Waals surface area contributed by atoms with Crippen LogP contribution in [0, 0.1) is 5.82 Å². The second kappa shape index (κ2) is 10.4. The molecule has 1 saturated heterocycles. The number of nitrogens with zero attached hydrogens (tertiary/aromatic N) is 1. The average Bonchev–Trinajstić information content (AvgIpc) is 3.08. The normalized spacial score (nSPS) is 17.4. The number of aliphatic hydroxyl groups excluding tert-OH is 1. The molecule has 2 aromatic rings. The molecule has 1 aliphatic heterocycles. The molecule has 3 rings (SSSR count). The Hall–Kier alpha value is -3.59. The minimum atomic E-state index is -0.936. The van der Waals surface area contributed by atoms with Crippen LogP contribution in [0.4, 0.5) is 4.39 Å². The molecule has 1 fully saturated rings. The quantitative estimate of drug-likeness (QED) is 0.266. The molecular weight excluding hydrogens is 433 g/mol. The Kier molecular flexibility index (Phi) is 7.55. The summed E-state index contributed by atoms with van der Waals surface area (Å²) < 4.78 is 35.0. The predicted molar refractivity (Wildman–Crippen MR) is 118 cm³/mol. The van der Waals surface area contributed by atoms with Crippen molar-refractivity contribution in [2.45, 2.75) is 12.5 Å². The third kappa shape index (κ3) is 4.63. The molecule has 0 spiro atoms. The predicted octanol–water partition coefficient (Wildman–Crippen LogP) is 3.31. The van der Waals surface area contributed by atoms with E-state index < -0.39 is 29.3 Å². The van der Waals surface area contributed by atoms with Crippen LogP contribution < -0.4 is 14.2 Å². The number of methoxy groups -OCH3 is 4. The first-order valence-electron chi connectivity index (χ1n) is 10.2. The zero-order chi connectivity index (χ0) is 24.1. The van der Waals surface area contributed by atoms with Crippen molar-refractivity contribution in [2.75, 3.05) is 41.6 Å². The first kappa shape index (κ1) is 24.1. The number of benzene rings is 2. The van der Waals surface area contributed by atoms with Crippen LogP contribution in [0.2, 0.25) is 0 Å². The van der Waals surface area contributed by atoms with Crippen LogP contribution in [-0.4, -0.2) is 63.3 Å². The van der Waals surface area contributed by atoms with Crippen molar-refractivity contribution >= 4 is 17.4 Å². The molecule has 0 bridgehead atoms. The van der Waals surface area contributed by atoms with Crippen molar-refractivity contribution in [1.82, 2.24) is 4.90 Å². The molecule has 1 atom stereocenters. The number of ether oxygens (including phenoxy) is 4. The maximum absolute atomic E-state index is 14.0. The largest absolute Gasteiger partial charge is 0.507 e. The van der Waals surface area contributed by atoms with E-state index in [1.54, 1.807) is 18.2 Å². The van der Waals surface area contributed by atoms with Gasteiger partial charge in [-0.15, -0.1) is 0 Å². The van der Waals surface area contributed by atoms with E-state index in [2.05, 4.69) is 0 Å². The Balaban J connectivity index is 2.22. The third-order valence-electron chi connectivity index (χ3n) is 5.43. The Bertz CT molecular complexity index is 1080. The minimum absolute atomic E-state index is 0.0298. The number of amides is 1. The van der Waals surface area contributed by atoms with E-state index in [1.165, 1.54) is 45.5 Å². The first-order valence-corrected chi connectivity index (χ1v) is 10.2. The van der Waals surface area contributed by atoms with E-state index in [0.29, 0.717) is 30.1 Å². The number of carbonyl (C=O) groups is 2. The number of carbonyl (C=O) groups excluding carboxylic acids is 2. The fourth-order valence-corrected chi connectivity index (χ4v) is 3.87. The van der Waals surface area contributed by atoms with Gasteiger partial charge in [0.1, 0.15) is 17.3 Å². The van der Waals surface area contributed by atoms with Gasteiger partial charge in [0.15, 0.2) is 11.5 Å². The van der Waals surface area contributed by atoms with E-state index in [0.717, 1.165) is 6.07 Å². The maximum Gasteiger partial charge on any atom is 0.295 e. The zero-order valence-corrected chi connectivity index (χ0v) is 18.9. The van der Waals surface area contributed by atoms with Crippen LogP contribution in [0.15, 0.2) is 42.0 Å². The molecule has 0 radical (unpaired) electrons. The van der Waals surface area contributed by atoms with Crippen molar-refractivity contribution in [3.8, 4) is 17.2 Å². The lowest BCUT2D eigenvalue weighted by molar-refractivity contribution is -0.140. The maximum atomic E-state index is 14.0. The summed E-state index contributed by atoms with van der Waals surface area (Å²) in [7, 11) is 5.86. The molecule has 9 heteroatoms. The summed E-state index contributed by atoms with van der Waals surface area (Å²) in [6.07, 6.45) is 0.469. The topological polar surface area (TPSA) is 94.5 Å². The van der Waals surface area contributed by atoms with Gasteiger partial charge in [-0.3, -0.25) is 9.59 Å². The summed E-state index contributed by atoms with van der Waals surface area (Å²) in [5.74, 6) is -1.80. The Morgan fingerprint density at radius 3 is 2.27 bits per heavy atom. The number of ketones is 1. The molecule has 0 aromatic heterocycles.